The molecule has 0 aliphatic heterocycles. The van der Waals surface area contributed by atoms with E-state index in [0.29, 0.717) is 0 Å². The zero-order valence-corrected chi connectivity index (χ0v) is 7.82. The van der Waals surface area contributed by atoms with Crippen LogP contribution in [0.4, 0.5) is 0 Å². The van der Waals surface area contributed by atoms with E-state index in [0.717, 1.165) is 0 Å². The van der Waals surface area contributed by atoms with Crippen LogP contribution in [0.15, 0.2) is 0 Å². The molecule has 0 aliphatic rings. The molecule has 5 heavy (non-hydrogen) atoms. The molecular formula is HCaCeO3. The van der Waals surface area contributed by atoms with E-state index in [9.17, 15) is 0 Å². The summed E-state index contributed by atoms with van der Waals surface area (Å²) in [5.74, 6) is 0. The molecule has 0 heterocycles. The summed E-state index contributed by atoms with van der Waals surface area (Å²) in [6, 6.07) is 0. The minimum atomic E-state index is 0. The van der Waals surface area contributed by atoms with Crippen molar-refractivity contribution >= 4 is 37.7 Å². The molecule has 25 valence electrons. The van der Waals surface area contributed by atoms with Crippen LogP contribution in [0.3, 0.4) is 0 Å². The molecule has 0 amide bonds. The molecule has 0 saturated carbocycles. The van der Waals surface area contributed by atoms with E-state index >= 15 is 0 Å². The molecule has 0 fully saturated rings. The largest absolute Gasteiger partial charge is 3.00 e. The monoisotopic (exact) mass is 229 g/mol. The Kier molecular flexibility index (Phi) is 316. The van der Waals surface area contributed by atoms with Gasteiger partial charge in [0.1, 0.15) is 0 Å². The molecule has 3 nitrogen and oxygen atoms in total. The maximum Gasteiger partial charge on any atom is 3.00 e. The second-order valence-electron chi connectivity index (χ2n) is 0. The van der Waals surface area contributed by atoms with Gasteiger partial charge in [-0.2, -0.15) is 0 Å². The van der Waals surface area contributed by atoms with Crippen LogP contribution < -0.4 is 0 Å². The van der Waals surface area contributed by atoms with Crippen molar-refractivity contribution in [2.24, 2.45) is 0 Å². The minimum absolute atomic E-state index is 0. The van der Waals surface area contributed by atoms with E-state index in [1.54, 1.807) is 0 Å². The maximum absolute atomic E-state index is 0. The standard InChI is InChI=1S/Ca.Ce.H2O.2O/h;;1H2;;/q+2;+3;;2*-2/p-1. The van der Waals surface area contributed by atoms with Crippen molar-refractivity contribution in [1.82, 2.24) is 0 Å². The van der Waals surface area contributed by atoms with E-state index in [1.807, 2.05) is 0 Å². The molecule has 0 aliphatic carbocycles. The quantitative estimate of drug-likeness (QED) is 0.500. The van der Waals surface area contributed by atoms with E-state index in [2.05, 4.69) is 0 Å². The van der Waals surface area contributed by atoms with E-state index in [1.165, 1.54) is 0 Å². The van der Waals surface area contributed by atoms with E-state index in [4.69, 9.17) is 0 Å². The Balaban J connectivity index is 0. The minimum Gasteiger partial charge on any atom is -2.00 e. The van der Waals surface area contributed by atoms with Crippen LogP contribution in [-0.2, 0) is 11.0 Å². The van der Waals surface area contributed by atoms with Crippen LogP contribution in [0.2, 0.25) is 0 Å². The third-order valence-corrected chi connectivity index (χ3v) is 0. The Morgan fingerprint density at radius 1 is 0.800 bits per heavy atom. The summed E-state index contributed by atoms with van der Waals surface area (Å²) in [5, 5.41) is 0. The third-order valence-electron chi connectivity index (χ3n) is 0. The zero-order valence-electron chi connectivity index (χ0n) is 2.47. The van der Waals surface area contributed by atoms with Crippen LogP contribution in [0.5, 0.6) is 0 Å². The molecule has 1 radical (unpaired) electrons. The van der Waals surface area contributed by atoms with Crippen molar-refractivity contribution in [2.45, 2.75) is 0 Å². The second kappa shape index (κ2) is 31.3. The molecule has 1 N–H and O–H groups in total. The van der Waals surface area contributed by atoms with Gasteiger partial charge in [-0.1, -0.05) is 0 Å². The summed E-state index contributed by atoms with van der Waals surface area (Å²) in [5.41, 5.74) is 0. The number of rotatable bonds is 0. The molecule has 0 aromatic carbocycles. The molecule has 0 aromatic heterocycles. The van der Waals surface area contributed by atoms with E-state index in [-0.39, 0.29) is 95.9 Å². The molecule has 0 unspecified atom stereocenters. The maximum atomic E-state index is 0. The summed E-state index contributed by atoms with van der Waals surface area (Å²) >= 11 is 0. The number of hydrogen-bond donors (Lipinski definition) is 0. The van der Waals surface area contributed by atoms with Gasteiger partial charge < -0.3 is 16.4 Å². The Bertz CT molecular complexity index is 6.85. The average Bonchev–Trinajstić information content (AvgIpc) is 0. The third kappa shape index (κ3) is 21.0. The van der Waals surface area contributed by atoms with Gasteiger partial charge in [0.15, 0.2) is 0 Å². The predicted molar refractivity (Wildman–Crippen MR) is 9.06 cm³/mol. The van der Waals surface area contributed by atoms with Crippen molar-refractivity contribution in [1.29, 1.82) is 0 Å². The van der Waals surface area contributed by atoms with Gasteiger partial charge in [-0.15, -0.1) is 0 Å². The molecule has 0 atom stereocenters. The zero-order chi connectivity index (χ0) is 0. The van der Waals surface area contributed by atoms with Gasteiger partial charge in [-0.05, 0) is 0 Å². The van der Waals surface area contributed by atoms with Crippen LogP contribution >= 0.6 is 0 Å². The number of hydrogen-bond acceptors (Lipinski definition) is 1. The first-order valence-corrected chi connectivity index (χ1v) is 0. The van der Waals surface area contributed by atoms with Crippen molar-refractivity contribution in [3.05, 3.63) is 0 Å². The van der Waals surface area contributed by atoms with Gasteiger partial charge in [0.2, 0.25) is 0 Å². The van der Waals surface area contributed by atoms with Gasteiger partial charge in [0, 0.05) is 0 Å². The fraction of sp³-hybridized carbons (Fsp3) is 0. The van der Waals surface area contributed by atoms with Gasteiger partial charge in [0.05, 0.1) is 0 Å². The van der Waals surface area contributed by atoms with Gasteiger partial charge in [0.25, 0.3) is 0 Å². The Hall–Kier alpha value is 2.52. The fourth-order valence-corrected chi connectivity index (χ4v) is 0. The van der Waals surface area contributed by atoms with Crippen molar-refractivity contribution in [3.63, 3.8) is 0 Å². The first-order chi connectivity index (χ1) is 0. The van der Waals surface area contributed by atoms with Crippen molar-refractivity contribution in [2.75, 3.05) is 0 Å². The normalized spacial score (nSPS) is 0. The van der Waals surface area contributed by atoms with Gasteiger partial charge >= 0.3 is 79.5 Å². The molecule has 0 saturated heterocycles. The van der Waals surface area contributed by atoms with Crippen LogP contribution in [0.1, 0.15) is 0 Å². The first-order valence-electron chi connectivity index (χ1n) is 0. The SMILES string of the molecule is [Ca+2].[Ce+3].[O-2].[O-2].[OH-]. The van der Waals surface area contributed by atoms with Crippen molar-refractivity contribution < 1.29 is 58.2 Å². The van der Waals surface area contributed by atoms with Gasteiger partial charge in [-0.3, -0.25) is 0 Å². The summed E-state index contributed by atoms with van der Waals surface area (Å²) in [6.45, 7) is 0. The Morgan fingerprint density at radius 2 is 0.800 bits per heavy atom. The molecule has 0 spiro atoms. The molecular weight excluding hydrogens is 228 g/mol. The second-order valence-corrected chi connectivity index (χ2v) is 0. The smallest absolute Gasteiger partial charge is 2.00 e. The van der Waals surface area contributed by atoms with Crippen LogP contribution in [0.25, 0.3) is 0 Å². The summed E-state index contributed by atoms with van der Waals surface area (Å²) in [4.78, 5) is 0. The topological polar surface area (TPSA) is 87.0 Å². The fourth-order valence-electron chi connectivity index (χ4n) is 0. The predicted octanol–water partition coefficient (Wildman–Crippen LogP) is -0.795. The van der Waals surface area contributed by atoms with E-state index < -0.39 is 0 Å². The Morgan fingerprint density at radius 3 is 0.800 bits per heavy atom. The van der Waals surface area contributed by atoms with Gasteiger partial charge in [-0.25, -0.2) is 0 Å². The molecule has 5 heteroatoms. The average molecular weight is 229 g/mol. The van der Waals surface area contributed by atoms with Crippen molar-refractivity contribution in [3.8, 4) is 0 Å². The summed E-state index contributed by atoms with van der Waals surface area (Å²) < 4.78 is 0. The molecule has 0 bridgehead atoms. The summed E-state index contributed by atoms with van der Waals surface area (Å²) in [6.07, 6.45) is 0. The first kappa shape index (κ1) is 50.4. The molecule has 0 aromatic rings. The molecule has 0 rings (SSSR count). The summed E-state index contributed by atoms with van der Waals surface area (Å²) in [7, 11) is 0. The van der Waals surface area contributed by atoms with Crippen LogP contribution in [0, 0.1) is 41.7 Å². The van der Waals surface area contributed by atoms with Crippen LogP contribution in [-0.4, -0.2) is 43.2 Å². The Labute approximate surface area is 93.8 Å².